The third-order valence-electron chi connectivity index (χ3n) is 1.68. The summed E-state index contributed by atoms with van der Waals surface area (Å²) in [5, 5.41) is 7.30. The van der Waals surface area contributed by atoms with Gasteiger partial charge in [-0.2, -0.15) is 0 Å². The number of thioether (sulfide) groups is 1. The van der Waals surface area contributed by atoms with Gasteiger partial charge in [-0.1, -0.05) is 17.8 Å². The highest BCUT2D eigenvalue weighted by atomic mass is 32.2. The van der Waals surface area contributed by atoms with Crippen molar-refractivity contribution < 1.29 is 19.5 Å². The lowest BCUT2D eigenvalue weighted by Crippen LogP contribution is -2.32. The van der Waals surface area contributed by atoms with Gasteiger partial charge in [0.05, 0.1) is 6.42 Å². The highest BCUT2D eigenvalue weighted by Crippen LogP contribution is 2.28. The number of amides is 2. The molecule has 2 amide bonds. The van der Waals surface area contributed by atoms with Gasteiger partial charge in [-0.3, -0.25) is 19.3 Å². The van der Waals surface area contributed by atoms with Crippen LogP contribution >= 0.6 is 11.8 Å². The Kier molecular flexibility index (Phi) is 3.29. The highest BCUT2D eigenvalue weighted by Gasteiger charge is 2.39. The predicted molar refractivity (Wildman–Crippen MR) is 50.9 cm³/mol. The standard InChI is InChI=1S/C8H9NO4S/c1-2-3-9-7(12)5(4-6(10)11)14-8(9)13/h2,5H,1,3-4H2,(H,10,11). The number of carbonyl (C=O) groups is 3. The molecule has 0 saturated carbocycles. The summed E-state index contributed by atoms with van der Waals surface area (Å²) in [4.78, 5) is 34.0. The summed E-state index contributed by atoms with van der Waals surface area (Å²) < 4.78 is 0. The molecule has 5 nitrogen and oxygen atoms in total. The summed E-state index contributed by atoms with van der Waals surface area (Å²) in [5.41, 5.74) is 0. The summed E-state index contributed by atoms with van der Waals surface area (Å²) in [6.45, 7) is 3.55. The molecule has 6 heteroatoms. The fourth-order valence-corrected chi connectivity index (χ4v) is 2.07. The first-order valence-corrected chi connectivity index (χ1v) is 4.79. The normalized spacial score (nSPS) is 21.4. The summed E-state index contributed by atoms with van der Waals surface area (Å²) in [5.74, 6) is -1.52. The topological polar surface area (TPSA) is 74.7 Å². The van der Waals surface area contributed by atoms with Crippen molar-refractivity contribution in [3.8, 4) is 0 Å². The third-order valence-corrected chi connectivity index (χ3v) is 2.75. The minimum Gasteiger partial charge on any atom is -0.481 e. The van der Waals surface area contributed by atoms with Crippen LogP contribution in [0.5, 0.6) is 0 Å². The molecule has 0 spiro atoms. The molecule has 1 atom stereocenters. The van der Waals surface area contributed by atoms with E-state index in [0.717, 1.165) is 16.7 Å². The maximum atomic E-state index is 11.4. The number of carboxylic acids is 1. The summed E-state index contributed by atoms with van der Waals surface area (Å²) in [7, 11) is 0. The van der Waals surface area contributed by atoms with Gasteiger partial charge < -0.3 is 5.11 Å². The van der Waals surface area contributed by atoms with Crippen molar-refractivity contribution in [2.24, 2.45) is 0 Å². The third kappa shape index (κ3) is 2.14. The van der Waals surface area contributed by atoms with E-state index in [1.807, 2.05) is 0 Å². The van der Waals surface area contributed by atoms with Crippen LogP contribution in [0, 0.1) is 0 Å². The van der Waals surface area contributed by atoms with Gasteiger partial charge in [0.15, 0.2) is 0 Å². The average molecular weight is 215 g/mol. The van der Waals surface area contributed by atoms with Gasteiger partial charge in [0.1, 0.15) is 5.25 Å². The first kappa shape index (κ1) is 10.8. The van der Waals surface area contributed by atoms with E-state index >= 15 is 0 Å². The van der Waals surface area contributed by atoms with Crippen LogP contribution in [0.2, 0.25) is 0 Å². The fraction of sp³-hybridized carbons (Fsp3) is 0.375. The van der Waals surface area contributed by atoms with Gasteiger partial charge >= 0.3 is 5.97 Å². The van der Waals surface area contributed by atoms with Crippen LogP contribution in [-0.2, 0) is 9.59 Å². The number of carbonyl (C=O) groups excluding carboxylic acids is 2. The molecule has 1 rings (SSSR count). The zero-order valence-electron chi connectivity index (χ0n) is 7.30. The van der Waals surface area contributed by atoms with E-state index in [-0.39, 0.29) is 13.0 Å². The first-order chi connectivity index (χ1) is 6.56. The molecule has 14 heavy (non-hydrogen) atoms. The molecular formula is C8H9NO4S. The molecule has 1 heterocycles. The van der Waals surface area contributed by atoms with E-state index in [1.165, 1.54) is 6.08 Å². The maximum absolute atomic E-state index is 11.4. The Labute approximate surface area is 84.8 Å². The Hall–Kier alpha value is -1.30. The molecular weight excluding hydrogens is 206 g/mol. The highest BCUT2D eigenvalue weighted by molar-refractivity contribution is 8.15. The zero-order chi connectivity index (χ0) is 10.7. The quantitative estimate of drug-likeness (QED) is 0.699. The molecule has 0 aliphatic carbocycles. The van der Waals surface area contributed by atoms with Crippen molar-refractivity contribution in [1.29, 1.82) is 0 Å². The first-order valence-electron chi connectivity index (χ1n) is 3.91. The van der Waals surface area contributed by atoms with E-state index in [0.29, 0.717) is 0 Å². The number of hydrogen-bond donors (Lipinski definition) is 1. The molecule has 0 aromatic carbocycles. The molecule has 1 saturated heterocycles. The van der Waals surface area contributed by atoms with Gasteiger partial charge in [0.25, 0.3) is 5.24 Å². The van der Waals surface area contributed by atoms with Crippen molar-refractivity contribution in [3.63, 3.8) is 0 Å². The second kappa shape index (κ2) is 4.28. The Morgan fingerprint density at radius 3 is 2.79 bits per heavy atom. The summed E-state index contributed by atoms with van der Waals surface area (Å²) in [6, 6.07) is 0. The van der Waals surface area contributed by atoms with Gasteiger partial charge in [-0.25, -0.2) is 0 Å². The van der Waals surface area contributed by atoms with Crippen molar-refractivity contribution in [3.05, 3.63) is 12.7 Å². The van der Waals surface area contributed by atoms with Gasteiger partial charge in [0.2, 0.25) is 5.91 Å². The average Bonchev–Trinajstić information content (AvgIpc) is 2.32. The minimum atomic E-state index is -1.08. The molecule has 1 unspecified atom stereocenters. The predicted octanol–water partition coefficient (Wildman–Crippen LogP) is 0.711. The van der Waals surface area contributed by atoms with E-state index < -0.39 is 22.4 Å². The molecule has 76 valence electrons. The van der Waals surface area contributed by atoms with Gasteiger partial charge in [0, 0.05) is 6.54 Å². The second-order valence-corrected chi connectivity index (χ2v) is 3.86. The lowest BCUT2D eigenvalue weighted by atomic mass is 10.3. The number of rotatable bonds is 4. The molecule has 0 radical (unpaired) electrons. The Balaban J connectivity index is 2.68. The van der Waals surface area contributed by atoms with Crippen LogP contribution in [0.3, 0.4) is 0 Å². The number of imide groups is 1. The smallest absolute Gasteiger partial charge is 0.305 e. The van der Waals surface area contributed by atoms with Crippen molar-refractivity contribution in [2.75, 3.05) is 6.54 Å². The Bertz CT molecular complexity index is 302. The number of aliphatic carboxylic acids is 1. The lowest BCUT2D eigenvalue weighted by molar-refractivity contribution is -0.139. The molecule has 1 N–H and O–H groups in total. The van der Waals surface area contributed by atoms with E-state index in [2.05, 4.69) is 6.58 Å². The summed E-state index contributed by atoms with van der Waals surface area (Å²) >= 11 is 0.759. The van der Waals surface area contributed by atoms with Crippen molar-refractivity contribution in [2.45, 2.75) is 11.7 Å². The fourth-order valence-electron chi connectivity index (χ4n) is 1.08. The molecule has 0 aromatic heterocycles. The molecule has 1 aliphatic rings. The minimum absolute atomic E-state index is 0.140. The van der Waals surface area contributed by atoms with Gasteiger partial charge in [-0.05, 0) is 0 Å². The largest absolute Gasteiger partial charge is 0.481 e. The van der Waals surface area contributed by atoms with Crippen molar-refractivity contribution in [1.82, 2.24) is 4.90 Å². The number of hydrogen-bond acceptors (Lipinski definition) is 4. The molecule has 1 aliphatic heterocycles. The number of nitrogens with zero attached hydrogens (tertiary/aromatic N) is 1. The Morgan fingerprint density at radius 2 is 2.29 bits per heavy atom. The maximum Gasteiger partial charge on any atom is 0.305 e. The van der Waals surface area contributed by atoms with Crippen LogP contribution in [-0.4, -0.2) is 38.9 Å². The van der Waals surface area contributed by atoms with Gasteiger partial charge in [-0.15, -0.1) is 6.58 Å². The SMILES string of the molecule is C=CCN1C(=O)SC(CC(=O)O)C1=O. The van der Waals surface area contributed by atoms with Crippen LogP contribution in [0.15, 0.2) is 12.7 Å². The molecule has 0 aromatic rings. The number of carboxylic acid groups (broad SMARTS) is 1. The van der Waals surface area contributed by atoms with Crippen LogP contribution in [0.4, 0.5) is 4.79 Å². The van der Waals surface area contributed by atoms with E-state index in [9.17, 15) is 14.4 Å². The van der Waals surface area contributed by atoms with Crippen LogP contribution in [0.25, 0.3) is 0 Å². The second-order valence-electron chi connectivity index (χ2n) is 2.71. The van der Waals surface area contributed by atoms with E-state index in [1.54, 1.807) is 0 Å². The van der Waals surface area contributed by atoms with Crippen molar-refractivity contribution >= 4 is 28.9 Å². The monoisotopic (exact) mass is 215 g/mol. The van der Waals surface area contributed by atoms with E-state index in [4.69, 9.17) is 5.11 Å². The lowest BCUT2D eigenvalue weighted by Gasteiger charge is -2.09. The van der Waals surface area contributed by atoms with Crippen LogP contribution < -0.4 is 0 Å². The molecule has 1 fully saturated rings. The Morgan fingerprint density at radius 1 is 1.64 bits per heavy atom. The van der Waals surface area contributed by atoms with Crippen LogP contribution in [0.1, 0.15) is 6.42 Å². The zero-order valence-corrected chi connectivity index (χ0v) is 8.12. The summed E-state index contributed by atoms with van der Waals surface area (Å²) in [6.07, 6.45) is 1.11. The molecule has 0 bridgehead atoms.